The molecular formula is C9H18O. The maximum absolute atomic E-state index is 5.29. The van der Waals surface area contributed by atoms with Crippen LogP contribution in [0.25, 0.3) is 0 Å². The molecule has 0 N–H and O–H groups in total. The summed E-state index contributed by atoms with van der Waals surface area (Å²) in [5.74, 6) is 1.21. The first kappa shape index (κ1) is 9.54. The molecule has 0 unspecified atom stereocenters. The summed E-state index contributed by atoms with van der Waals surface area (Å²) in [6.07, 6.45) is 2.20. The van der Waals surface area contributed by atoms with Gasteiger partial charge in [0.05, 0.1) is 12.4 Å². The predicted octanol–water partition coefficient (Wildman–Crippen LogP) is 3.12. The highest BCUT2D eigenvalue weighted by molar-refractivity contribution is 5.09. The number of hydrogen-bond acceptors (Lipinski definition) is 1. The van der Waals surface area contributed by atoms with Gasteiger partial charge in [0.2, 0.25) is 0 Å². The van der Waals surface area contributed by atoms with Gasteiger partial charge in [-0.15, -0.1) is 0 Å². The highest BCUT2D eigenvalue weighted by Crippen LogP contribution is 2.19. The molecule has 1 aliphatic rings. The number of ether oxygens (including phenoxy) is 1. The van der Waals surface area contributed by atoms with Gasteiger partial charge in [0.15, 0.2) is 0 Å². The molecule has 0 spiro atoms. The van der Waals surface area contributed by atoms with Gasteiger partial charge >= 0.3 is 0 Å². The van der Waals surface area contributed by atoms with E-state index in [-0.39, 0.29) is 0 Å². The van der Waals surface area contributed by atoms with Crippen LogP contribution < -0.4 is 0 Å². The van der Waals surface area contributed by atoms with Crippen LogP contribution in [0, 0.1) is 0 Å². The fourth-order valence-electron chi connectivity index (χ4n) is 0.994. The van der Waals surface area contributed by atoms with E-state index < -0.39 is 0 Å². The van der Waals surface area contributed by atoms with Gasteiger partial charge in [0.25, 0.3) is 0 Å². The minimum absolute atomic E-state index is 0.912. The Kier molecular flexibility index (Phi) is 5.09. The first-order valence-corrected chi connectivity index (χ1v) is 4.16. The summed E-state index contributed by atoms with van der Waals surface area (Å²) in [7, 11) is 0. The molecule has 1 heterocycles. The van der Waals surface area contributed by atoms with E-state index in [1.54, 1.807) is 0 Å². The third-order valence-electron chi connectivity index (χ3n) is 1.55. The van der Waals surface area contributed by atoms with Crippen LogP contribution >= 0.6 is 0 Å². The highest BCUT2D eigenvalue weighted by atomic mass is 16.5. The molecule has 0 saturated carbocycles. The van der Waals surface area contributed by atoms with E-state index in [1.165, 1.54) is 11.3 Å². The summed E-state index contributed by atoms with van der Waals surface area (Å²) < 4.78 is 5.29. The van der Waals surface area contributed by atoms with Crippen molar-refractivity contribution in [1.29, 1.82) is 0 Å². The van der Waals surface area contributed by atoms with Crippen molar-refractivity contribution in [2.75, 3.05) is 6.61 Å². The molecule has 60 valence electrons. The largest absolute Gasteiger partial charge is 0.498 e. The molecule has 0 aromatic heterocycles. The van der Waals surface area contributed by atoms with Crippen molar-refractivity contribution in [2.45, 2.75) is 40.5 Å². The van der Waals surface area contributed by atoms with Crippen LogP contribution in [0.2, 0.25) is 0 Å². The summed E-state index contributed by atoms with van der Waals surface area (Å²) in [5.41, 5.74) is 1.44. The maximum atomic E-state index is 5.29. The van der Waals surface area contributed by atoms with Crippen molar-refractivity contribution in [2.24, 2.45) is 0 Å². The van der Waals surface area contributed by atoms with E-state index in [4.69, 9.17) is 4.74 Å². The summed E-state index contributed by atoms with van der Waals surface area (Å²) in [5, 5.41) is 0. The molecule has 1 rings (SSSR count). The Morgan fingerprint density at radius 3 is 2.20 bits per heavy atom. The highest BCUT2D eigenvalue weighted by Gasteiger charge is 2.08. The lowest BCUT2D eigenvalue weighted by Gasteiger charge is -1.97. The van der Waals surface area contributed by atoms with Crippen molar-refractivity contribution < 1.29 is 4.74 Å². The first-order chi connectivity index (χ1) is 4.84. The molecule has 0 aliphatic carbocycles. The van der Waals surface area contributed by atoms with Gasteiger partial charge in [0.1, 0.15) is 0 Å². The van der Waals surface area contributed by atoms with E-state index in [0.717, 1.165) is 19.4 Å². The van der Waals surface area contributed by atoms with Crippen LogP contribution in [0.5, 0.6) is 0 Å². The van der Waals surface area contributed by atoms with E-state index >= 15 is 0 Å². The van der Waals surface area contributed by atoms with Gasteiger partial charge in [-0.05, 0) is 12.5 Å². The second kappa shape index (κ2) is 5.33. The molecule has 0 atom stereocenters. The standard InChI is InChI=1S/C7H12O.C2H6/c1-3-7-6(2)4-5-8-7;1-2/h3-5H2,1-2H3;1-2H3. The zero-order valence-corrected chi connectivity index (χ0v) is 7.53. The summed E-state index contributed by atoms with van der Waals surface area (Å²) >= 11 is 0. The minimum atomic E-state index is 0.912. The molecule has 1 heteroatoms. The Balaban J connectivity index is 0.000000371. The summed E-state index contributed by atoms with van der Waals surface area (Å²) in [4.78, 5) is 0. The average Bonchev–Trinajstić information content (AvgIpc) is 2.39. The van der Waals surface area contributed by atoms with Gasteiger partial charge in [-0.1, -0.05) is 20.8 Å². The van der Waals surface area contributed by atoms with E-state index in [9.17, 15) is 0 Å². The predicted molar refractivity (Wildman–Crippen MR) is 44.9 cm³/mol. The average molecular weight is 142 g/mol. The molecule has 0 aromatic carbocycles. The van der Waals surface area contributed by atoms with Crippen LogP contribution in [0.15, 0.2) is 11.3 Å². The number of rotatable bonds is 1. The van der Waals surface area contributed by atoms with E-state index in [2.05, 4.69) is 13.8 Å². The summed E-state index contributed by atoms with van der Waals surface area (Å²) in [6, 6.07) is 0. The van der Waals surface area contributed by atoms with Crippen molar-refractivity contribution in [3.8, 4) is 0 Å². The Morgan fingerprint density at radius 1 is 1.40 bits per heavy atom. The SMILES string of the molecule is CC.CCC1=C(C)CCO1. The van der Waals surface area contributed by atoms with Crippen molar-refractivity contribution >= 4 is 0 Å². The van der Waals surface area contributed by atoms with Crippen molar-refractivity contribution in [3.63, 3.8) is 0 Å². The third-order valence-corrected chi connectivity index (χ3v) is 1.55. The van der Waals surface area contributed by atoms with Gasteiger partial charge in [0, 0.05) is 12.8 Å². The molecule has 0 radical (unpaired) electrons. The van der Waals surface area contributed by atoms with Crippen LogP contribution in [0.3, 0.4) is 0 Å². The van der Waals surface area contributed by atoms with Gasteiger partial charge in [-0.3, -0.25) is 0 Å². The number of allylic oxidation sites excluding steroid dienone is 1. The molecule has 1 aliphatic heterocycles. The van der Waals surface area contributed by atoms with Gasteiger partial charge < -0.3 is 4.74 Å². The van der Waals surface area contributed by atoms with E-state index in [0.29, 0.717) is 0 Å². The first-order valence-electron chi connectivity index (χ1n) is 4.16. The summed E-state index contributed by atoms with van der Waals surface area (Å²) in [6.45, 7) is 9.19. The fraction of sp³-hybridized carbons (Fsp3) is 0.778. The topological polar surface area (TPSA) is 9.23 Å². The Bertz CT molecular complexity index is 114. The zero-order valence-electron chi connectivity index (χ0n) is 7.53. The minimum Gasteiger partial charge on any atom is -0.498 e. The van der Waals surface area contributed by atoms with Crippen molar-refractivity contribution in [1.82, 2.24) is 0 Å². The Hall–Kier alpha value is -0.460. The van der Waals surface area contributed by atoms with Crippen LogP contribution in [-0.2, 0) is 4.74 Å². The molecule has 0 aromatic rings. The lowest BCUT2D eigenvalue weighted by molar-refractivity contribution is 0.236. The fourth-order valence-corrected chi connectivity index (χ4v) is 0.994. The molecule has 0 amide bonds. The smallest absolute Gasteiger partial charge is 0.0947 e. The lowest BCUT2D eigenvalue weighted by Crippen LogP contribution is -1.80. The van der Waals surface area contributed by atoms with E-state index in [1.807, 2.05) is 13.8 Å². The van der Waals surface area contributed by atoms with Crippen LogP contribution in [0.1, 0.15) is 40.5 Å². The lowest BCUT2D eigenvalue weighted by atomic mass is 10.2. The monoisotopic (exact) mass is 142 g/mol. The Labute approximate surface area is 64.1 Å². The third kappa shape index (κ3) is 2.42. The van der Waals surface area contributed by atoms with Gasteiger partial charge in [-0.2, -0.15) is 0 Å². The Morgan fingerprint density at radius 2 is 2.00 bits per heavy atom. The van der Waals surface area contributed by atoms with Gasteiger partial charge in [-0.25, -0.2) is 0 Å². The molecule has 0 fully saturated rings. The molecule has 0 bridgehead atoms. The quantitative estimate of drug-likeness (QED) is 0.546. The van der Waals surface area contributed by atoms with Crippen molar-refractivity contribution in [3.05, 3.63) is 11.3 Å². The molecule has 1 nitrogen and oxygen atoms in total. The maximum Gasteiger partial charge on any atom is 0.0947 e. The molecular weight excluding hydrogens is 124 g/mol. The molecule has 10 heavy (non-hydrogen) atoms. The normalized spacial score (nSPS) is 16.0. The second-order valence-corrected chi connectivity index (χ2v) is 2.16. The second-order valence-electron chi connectivity index (χ2n) is 2.16. The van der Waals surface area contributed by atoms with Crippen LogP contribution in [-0.4, -0.2) is 6.61 Å². The zero-order chi connectivity index (χ0) is 7.98. The molecule has 0 saturated heterocycles. The van der Waals surface area contributed by atoms with Crippen LogP contribution in [0.4, 0.5) is 0 Å². The number of hydrogen-bond donors (Lipinski definition) is 0.